The largest absolute Gasteiger partial charge is 0.574 e. The number of halogens is 6. The molecule has 1 aromatic heterocycles. The summed E-state index contributed by atoms with van der Waals surface area (Å²) in [6.07, 6.45) is -8.04. The van der Waals surface area contributed by atoms with Gasteiger partial charge in [-0.05, 0) is 6.07 Å². The van der Waals surface area contributed by atoms with Gasteiger partial charge in [0.25, 0.3) is 6.43 Å². The van der Waals surface area contributed by atoms with Crippen LogP contribution in [-0.4, -0.2) is 17.6 Å². The van der Waals surface area contributed by atoms with Gasteiger partial charge in [0.2, 0.25) is 5.88 Å². The molecule has 0 saturated carbocycles. The van der Waals surface area contributed by atoms with E-state index in [1.54, 1.807) is 0 Å². The summed E-state index contributed by atoms with van der Waals surface area (Å²) in [6.45, 7) is 0. The van der Waals surface area contributed by atoms with Crippen molar-refractivity contribution in [2.45, 2.75) is 18.1 Å². The van der Waals surface area contributed by atoms with Crippen molar-refractivity contribution in [3.63, 3.8) is 0 Å². The van der Waals surface area contributed by atoms with Gasteiger partial charge in [0.1, 0.15) is 0 Å². The first-order valence-electron chi connectivity index (χ1n) is 4.37. The third-order valence-corrected chi connectivity index (χ3v) is 2.36. The number of hydrogen-bond acceptors (Lipinski definition) is 3. The Morgan fingerprint density at radius 3 is 2.44 bits per heavy atom. The highest BCUT2D eigenvalue weighted by Crippen LogP contribution is 2.30. The smallest absolute Gasteiger partial charge is 0.387 e. The van der Waals surface area contributed by atoms with E-state index in [4.69, 9.17) is 0 Å². The predicted octanol–water partition coefficient (Wildman–Crippen LogP) is 3.63. The first-order chi connectivity index (χ1) is 8.28. The van der Waals surface area contributed by atoms with Crippen molar-refractivity contribution in [2.75, 3.05) is 0 Å². The Balaban J connectivity index is 3.30. The van der Waals surface area contributed by atoms with Gasteiger partial charge in [0.15, 0.2) is 6.29 Å². The minimum absolute atomic E-state index is 0.0298. The second-order valence-corrected chi connectivity index (χ2v) is 3.58. The second kappa shape index (κ2) is 5.59. The number of carbonyl (C=O) groups excluding carboxylic acids is 1. The van der Waals surface area contributed by atoms with Gasteiger partial charge in [-0.3, -0.25) is 4.79 Å². The summed E-state index contributed by atoms with van der Waals surface area (Å²) >= 11 is 2.82. The summed E-state index contributed by atoms with van der Waals surface area (Å²) in [6, 6.07) is 0.627. The molecular weight excluding hydrogens is 329 g/mol. The predicted molar refractivity (Wildman–Crippen MR) is 53.9 cm³/mol. The van der Waals surface area contributed by atoms with E-state index in [9.17, 15) is 26.7 Å². The summed E-state index contributed by atoms with van der Waals surface area (Å²) in [5, 5.41) is -0.194. The number of aromatic nitrogens is 1. The molecule has 1 aromatic rings. The van der Waals surface area contributed by atoms with Gasteiger partial charge in [-0.15, -0.1) is 13.2 Å². The van der Waals surface area contributed by atoms with Gasteiger partial charge >= 0.3 is 6.36 Å². The van der Waals surface area contributed by atoms with E-state index in [1.807, 2.05) is 0 Å². The van der Waals surface area contributed by atoms with Crippen LogP contribution in [0.2, 0.25) is 0 Å². The Morgan fingerprint density at radius 2 is 2.06 bits per heavy atom. The SMILES string of the molecule is O=Cc1cc(C(F)F)c(CBr)nc1OC(F)(F)F. The fourth-order valence-corrected chi connectivity index (χ4v) is 1.59. The average molecular weight is 334 g/mol. The van der Waals surface area contributed by atoms with Gasteiger partial charge in [0, 0.05) is 10.9 Å². The van der Waals surface area contributed by atoms with Crippen LogP contribution in [0.15, 0.2) is 6.07 Å². The lowest BCUT2D eigenvalue weighted by Gasteiger charge is -2.13. The van der Waals surface area contributed by atoms with E-state index in [0.29, 0.717) is 6.07 Å². The topological polar surface area (TPSA) is 39.2 Å². The van der Waals surface area contributed by atoms with Crippen molar-refractivity contribution in [3.8, 4) is 5.88 Å². The van der Waals surface area contributed by atoms with E-state index in [1.165, 1.54) is 0 Å². The maximum Gasteiger partial charge on any atom is 0.574 e. The molecule has 0 aromatic carbocycles. The number of pyridine rings is 1. The van der Waals surface area contributed by atoms with Crippen LogP contribution in [0.5, 0.6) is 5.88 Å². The van der Waals surface area contributed by atoms with E-state index in [0.717, 1.165) is 0 Å². The number of ether oxygens (including phenoxy) is 1. The number of hydrogen-bond donors (Lipinski definition) is 0. The molecule has 0 atom stereocenters. The molecule has 0 amide bonds. The lowest BCUT2D eigenvalue weighted by Crippen LogP contribution is -2.19. The average Bonchev–Trinajstić information content (AvgIpc) is 2.25. The first-order valence-corrected chi connectivity index (χ1v) is 5.49. The van der Waals surface area contributed by atoms with Gasteiger partial charge < -0.3 is 4.74 Å². The minimum atomic E-state index is -5.05. The van der Waals surface area contributed by atoms with E-state index in [2.05, 4.69) is 25.7 Å². The number of aldehydes is 1. The van der Waals surface area contributed by atoms with Crippen LogP contribution >= 0.6 is 15.9 Å². The summed E-state index contributed by atoms with van der Waals surface area (Å²) in [5.41, 5.74) is -1.63. The first kappa shape index (κ1) is 14.8. The Labute approximate surface area is 106 Å². The van der Waals surface area contributed by atoms with Crippen LogP contribution in [0, 0.1) is 0 Å². The molecule has 18 heavy (non-hydrogen) atoms. The Kier molecular flexibility index (Phi) is 4.60. The van der Waals surface area contributed by atoms with Gasteiger partial charge in [0.05, 0.1) is 11.3 Å². The summed E-state index contributed by atoms with van der Waals surface area (Å²) in [5.74, 6) is -1.05. The van der Waals surface area contributed by atoms with Crippen molar-refractivity contribution >= 4 is 22.2 Å². The summed E-state index contributed by atoms with van der Waals surface area (Å²) in [7, 11) is 0. The van der Waals surface area contributed by atoms with Crippen LogP contribution in [0.3, 0.4) is 0 Å². The molecule has 0 aliphatic rings. The quantitative estimate of drug-likeness (QED) is 0.480. The van der Waals surface area contributed by atoms with E-state index < -0.39 is 29.8 Å². The van der Waals surface area contributed by atoms with Crippen LogP contribution in [0.4, 0.5) is 22.0 Å². The van der Waals surface area contributed by atoms with Gasteiger partial charge in [-0.1, -0.05) is 15.9 Å². The van der Waals surface area contributed by atoms with Crippen LogP contribution in [0.25, 0.3) is 0 Å². The number of alkyl halides is 6. The van der Waals surface area contributed by atoms with E-state index >= 15 is 0 Å². The van der Waals surface area contributed by atoms with Crippen molar-refractivity contribution in [1.82, 2.24) is 4.98 Å². The zero-order chi connectivity index (χ0) is 13.9. The van der Waals surface area contributed by atoms with Crippen LogP contribution in [-0.2, 0) is 5.33 Å². The normalized spacial score (nSPS) is 11.7. The maximum atomic E-state index is 12.6. The van der Waals surface area contributed by atoms with Gasteiger partial charge in [-0.2, -0.15) is 0 Å². The molecule has 0 unspecified atom stereocenters. The molecule has 100 valence electrons. The zero-order valence-electron chi connectivity index (χ0n) is 8.47. The van der Waals surface area contributed by atoms with E-state index in [-0.39, 0.29) is 17.3 Å². The lowest BCUT2D eigenvalue weighted by atomic mass is 10.1. The molecule has 0 N–H and O–H groups in total. The minimum Gasteiger partial charge on any atom is -0.387 e. The third-order valence-electron chi connectivity index (χ3n) is 1.83. The molecule has 0 fully saturated rings. The molecule has 0 radical (unpaired) electrons. The van der Waals surface area contributed by atoms with Crippen LogP contribution < -0.4 is 4.74 Å². The van der Waals surface area contributed by atoms with Crippen LogP contribution in [0.1, 0.15) is 28.0 Å². The highest BCUT2D eigenvalue weighted by Gasteiger charge is 2.33. The fraction of sp³-hybridized carbons (Fsp3) is 0.333. The standard InChI is InChI=1S/C9H5BrF5NO2/c10-2-6-5(7(11)12)1-4(3-17)8(16-6)18-9(13,14)15/h1,3,7H,2H2. The Bertz CT molecular complexity index is 449. The lowest BCUT2D eigenvalue weighted by molar-refractivity contribution is -0.276. The monoisotopic (exact) mass is 333 g/mol. The Hall–Kier alpha value is -1.25. The summed E-state index contributed by atoms with van der Waals surface area (Å²) in [4.78, 5) is 13.8. The number of nitrogens with zero attached hydrogens (tertiary/aromatic N) is 1. The second-order valence-electron chi connectivity index (χ2n) is 3.02. The Morgan fingerprint density at radius 1 is 1.44 bits per heavy atom. The molecule has 0 aliphatic heterocycles. The number of carbonyl (C=O) groups is 1. The van der Waals surface area contributed by atoms with Crippen molar-refractivity contribution in [2.24, 2.45) is 0 Å². The molecule has 0 aliphatic carbocycles. The zero-order valence-corrected chi connectivity index (χ0v) is 10.1. The highest BCUT2D eigenvalue weighted by molar-refractivity contribution is 9.08. The molecule has 0 spiro atoms. The van der Waals surface area contributed by atoms with Crippen molar-refractivity contribution in [1.29, 1.82) is 0 Å². The molecule has 1 heterocycles. The van der Waals surface area contributed by atoms with Crippen molar-refractivity contribution < 1.29 is 31.5 Å². The molecule has 0 bridgehead atoms. The number of rotatable bonds is 4. The van der Waals surface area contributed by atoms with Crippen molar-refractivity contribution in [3.05, 3.63) is 22.9 Å². The van der Waals surface area contributed by atoms with Gasteiger partial charge in [-0.25, -0.2) is 13.8 Å². The molecule has 3 nitrogen and oxygen atoms in total. The summed E-state index contributed by atoms with van der Waals surface area (Å²) < 4.78 is 64.7. The molecule has 9 heteroatoms. The fourth-order valence-electron chi connectivity index (χ4n) is 1.14. The third kappa shape index (κ3) is 3.62. The maximum absolute atomic E-state index is 12.6. The molecule has 1 rings (SSSR count). The molecular formula is C9H5BrF5NO2. The molecule has 0 saturated heterocycles. The highest BCUT2D eigenvalue weighted by atomic mass is 79.9.